The number of rotatable bonds is 1. The smallest absolute Gasteiger partial charge is 0.200 e. The highest BCUT2D eigenvalue weighted by Gasteiger charge is 2.07. The van der Waals surface area contributed by atoms with Crippen molar-refractivity contribution < 1.29 is 9.79 Å². The molecular formula is C9H8NO2P. The molecule has 66 valence electrons. The first kappa shape index (κ1) is 8.57. The molecule has 0 fully saturated rings. The van der Waals surface area contributed by atoms with Gasteiger partial charge in [0.05, 0.1) is 5.52 Å². The van der Waals surface area contributed by atoms with E-state index in [9.17, 15) is 0 Å². The number of fused-ring (bicyclic) bond motifs is 1. The lowest BCUT2D eigenvalue weighted by atomic mass is 10.2. The Morgan fingerprint density at radius 3 is 2.62 bits per heavy atom. The molecule has 0 amide bonds. The van der Waals surface area contributed by atoms with E-state index >= 15 is 0 Å². The summed E-state index contributed by atoms with van der Waals surface area (Å²) in [6, 6.07) is 9.04. The van der Waals surface area contributed by atoms with E-state index in [4.69, 9.17) is 9.79 Å². The second-order valence-corrected chi connectivity index (χ2v) is 3.70. The minimum atomic E-state index is -2.04. The summed E-state index contributed by atoms with van der Waals surface area (Å²) >= 11 is 0. The second-order valence-electron chi connectivity index (χ2n) is 2.64. The Morgan fingerprint density at radius 2 is 1.85 bits per heavy atom. The molecule has 0 aliphatic heterocycles. The van der Waals surface area contributed by atoms with Crippen LogP contribution < -0.4 is 5.30 Å². The zero-order chi connectivity index (χ0) is 9.26. The van der Waals surface area contributed by atoms with Crippen molar-refractivity contribution in [1.82, 2.24) is 4.98 Å². The third-order valence-electron chi connectivity index (χ3n) is 1.84. The number of aromatic nitrogens is 1. The second kappa shape index (κ2) is 3.38. The lowest BCUT2D eigenvalue weighted by Gasteiger charge is -2.05. The maximum Gasteiger partial charge on any atom is 0.200 e. The SMILES string of the molecule is OP(O)c1ccnc2ccccc12. The van der Waals surface area contributed by atoms with Gasteiger partial charge >= 0.3 is 0 Å². The molecule has 13 heavy (non-hydrogen) atoms. The summed E-state index contributed by atoms with van der Waals surface area (Å²) in [6.45, 7) is 0. The molecule has 0 aliphatic rings. The van der Waals surface area contributed by atoms with Gasteiger partial charge in [-0.15, -0.1) is 0 Å². The van der Waals surface area contributed by atoms with Crippen LogP contribution in [-0.4, -0.2) is 14.8 Å². The van der Waals surface area contributed by atoms with Crippen LogP contribution in [0.5, 0.6) is 0 Å². The van der Waals surface area contributed by atoms with Crippen molar-refractivity contribution in [3.8, 4) is 0 Å². The van der Waals surface area contributed by atoms with Crippen molar-refractivity contribution in [3.63, 3.8) is 0 Å². The van der Waals surface area contributed by atoms with Crippen molar-refractivity contribution in [3.05, 3.63) is 36.5 Å². The van der Waals surface area contributed by atoms with Crippen LogP contribution in [0.2, 0.25) is 0 Å². The van der Waals surface area contributed by atoms with E-state index in [1.165, 1.54) is 0 Å². The highest BCUT2D eigenvalue weighted by atomic mass is 31.2. The van der Waals surface area contributed by atoms with Crippen molar-refractivity contribution in [2.24, 2.45) is 0 Å². The summed E-state index contributed by atoms with van der Waals surface area (Å²) < 4.78 is 0. The fourth-order valence-electron chi connectivity index (χ4n) is 1.26. The Labute approximate surface area is 76.6 Å². The van der Waals surface area contributed by atoms with Gasteiger partial charge in [-0.05, 0) is 12.1 Å². The standard InChI is InChI=1S/C9H8NO2P/c11-13(12)9-5-6-10-8-4-2-1-3-7(8)9/h1-6,11-12H. The van der Waals surface area contributed by atoms with E-state index in [1.54, 1.807) is 12.3 Å². The van der Waals surface area contributed by atoms with Crippen LogP contribution in [0.25, 0.3) is 10.9 Å². The first-order valence-corrected chi connectivity index (χ1v) is 5.05. The fourth-order valence-corrected chi connectivity index (χ4v) is 1.86. The van der Waals surface area contributed by atoms with Gasteiger partial charge in [0.2, 0.25) is 0 Å². The van der Waals surface area contributed by atoms with Gasteiger partial charge < -0.3 is 9.79 Å². The summed E-state index contributed by atoms with van der Waals surface area (Å²) in [4.78, 5) is 22.3. The van der Waals surface area contributed by atoms with E-state index in [-0.39, 0.29) is 0 Å². The summed E-state index contributed by atoms with van der Waals surface area (Å²) in [7, 11) is -2.04. The number of hydrogen-bond acceptors (Lipinski definition) is 3. The number of benzene rings is 1. The predicted molar refractivity (Wildman–Crippen MR) is 52.7 cm³/mol. The van der Waals surface area contributed by atoms with Crippen molar-refractivity contribution >= 4 is 24.6 Å². The zero-order valence-corrected chi connectivity index (χ0v) is 7.65. The summed E-state index contributed by atoms with van der Waals surface area (Å²) in [5.41, 5.74) is 0.788. The maximum atomic E-state index is 9.11. The van der Waals surface area contributed by atoms with Crippen LogP contribution >= 0.6 is 8.38 Å². The van der Waals surface area contributed by atoms with Gasteiger partial charge in [-0.2, -0.15) is 0 Å². The molecule has 0 unspecified atom stereocenters. The van der Waals surface area contributed by atoms with Crippen molar-refractivity contribution in [1.29, 1.82) is 0 Å². The Morgan fingerprint density at radius 1 is 1.08 bits per heavy atom. The van der Waals surface area contributed by atoms with E-state index in [0.717, 1.165) is 10.9 Å². The topological polar surface area (TPSA) is 53.4 Å². The third-order valence-corrected chi connectivity index (χ3v) is 2.66. The molecule has 1 aromatic heterocycles. The number of para-hydroxylation sites is 1. The molecule has 2 N–H and O–H groups in total. The quantitative estimate of drug-likeness (QED) is 0.668. The number of hydrogen-bond donors (Lipinski definition) is 2. The van der Waals surface area contributed by atoms with Gasteiger partial charge in [0.1, 0.15) is 0 Å². The Hall–Kier alpha value is -1.02. The minimum absolute atomic E-state index is 0.556. The minimum Gasteiger partial charge on any atom is -0.347 e. The fraction of sp³-hybridized carbons (Fsp3) is 0. The molecule has 1 aromatic carbocycles. The maximum absolute atomic E-state index is 9.11. The molecular weight excluding hydrogens is 185 g/mol. The molecule has 0 radical (unpaired) electrons. The molecule has 0 saturated heterocycles. The molecule has 1 heterocycles. The van der Waals surface area contributed by atoms with Gasteiger partial charge in [-0.1, -0.05) is 18.2 Å². The lowest BCUT2D eigenvalue weighted by molar-refractivity contribution is 0.497. The van der Waals surface area contributed by atoms with Crippen LogP contribution in [-0.2, 0) is 0 Å². The van der Waals surface area contributed by atoms with Crippen LogP contribution in [0.4, 0.5) is 0 Å². The average Bonchev–Trinajstić information content (AvgIpc) is 2.17. The molecule has 0 atom stereocenters. The van der Waals surface area contributed by atoms with Gasteiger partial charge in [-0.25, -0.2) is 0 Å². The molecule has 0 saturated carbocycles. The van der Waals surface area contributed by atoms with E-state index < -0.39 is 8.38 Å². The highest BCUT2D eigenvalue weighted by Crippen LogP contribution is 2.26. The lowest BCUT2D eigenvalue weighted by Crippen LogP contribution is -2.01. The van der Waals surface area contributed by atoms with Crippen LogP contribution in [0, 0.1) is 0 Å². The molecule has 2 rings (SSSR count). The average molecular weight is 193 g/mol. The van der Waals surface area contributed by atoms with Crippen LogP contribution in [0.15, 0.2) is 36.5 Å². The van der Waals surface area contributed by atoms with Crippen molar-refractivity contribution in [2.45, 2.75) is 0 Å². The third kappa shape index (κ3) is 1.54. The zero-order valence-electron chi connectivity index (χ0n) is 6.75. The molecule has 3 nitrogen and oxygen atoms in total. The summed E-state index contributed by atoms with van der Waals surface area (Å²) in [5.74, 6) is 0. The van der Waals surface area contributed by atoms with Gasteiger partial charge in [-0.3, -0.25) is 4.98 Å². The van der Waals surface area contributed by atoms with Gasteiger partial charge in [0.25, 0.3) is 0 Å². The highest BCUT2D eigenvalue weighted by molar-refractivity contribution is 7.54. The van der Waals surface area contributed by atoms with E-state index in [2.05, 4.69) is 4.98 Å². The molecule has 0 aliphatic carbocycles. The first-order valence-electron chi connectivity index (χ1n) is 3.80. The Bertz CT molecular complexity index is 425. The van der Waals surface area contributed by atoms with Crippen LogP contribution in [0.1, 0.15) is 0 Å². The number of pyridine rings is 1. The van der Waals surface area contributed by atoms with Gasteiger partial charge in [0, 0.05) is 16.9 Å². The monoisotopic (exact) mass is 193 g/mol. The molecule has 2 aromatic rings. The van der Waals surface area contributed by atoms with E-state index in [0.29, 0.717) is 5.30 Å². The largest absolute Gasteiger partial charge is 0.347 e. The Kier molecular flexibility index (Phi) is 2.23. The number of nitrogens with zero attached hydrogens (tertiary/aromatic N) is 1. The molecule has 0 bridgehead atoms. The summed E-state index contributed by atoms with van der Waals surface area (Å²) in [5, 5.41) is 1.36. The summed E-state index contributed by atoms with van der Waals surface area (Å²) in [6.07, 6.45) is 1.58. The molecule has 4 heteroatoms. The Balaban J connectivity index is 2.76. The normalized spacial score (nSPS) is 11.0. The van der Waals surface area contributed by atoms with Crippen molar-refractivity contribution in [2.75, 3.05) is 0 Å². The van der Waals surface area contributed by atoms with Gasteiger partial charge in [0.15, 0.2) is 8.38 Å². The van der Waals surface area contributed by atoms with E-state index in [1.807, 2.05) is 24.3 Å². The predicted octanol–water partition coefficient (Wildman–Crippen LogP) is 1.16. The van der Waals surface area contributed by atoms with Crippen LogP contribution in [0.3, 0.4) is 0 Å². The first-order chi connectivity index (χ1) is 6.29. The molecule has 0 spiro atoms.